The first-order chi connectivity index (χ1) is 44.4. The summed E-state index contributed by atoms with van der Waals surface area (Å²) in [5.41, 5.74) is 16.1. The van der Waals surface area contributed by atoms with Crippen molar-refractivity contribution >= 4 is 42.9 Å². The number of aromatic nitrogens is 1. The highest BCUT2D eigenvalue weighted by molar-refractivity contribution is 5.96. The summed E-state index contributed by atoms with van der Waals surface area (Å²) in [6, 6.07) is 43.4. The molecule has 483 valence electrons. The fraction of sp³-hybridized carbons (Fsp3) is 0.310. The number of hydrogen-bond acceptors (Lipinski definition) is 15. The highest BCUT2D eigenvalue weighted by atomic mass is 19.1. The van der Waals surface area contributed by atoms with Gasteiger partial charge < -0.3 is 49.7 Å². The van der Waals surface area contributed by atoms with E-state index in [2.05, 4.69) is 6.07 Å². The molecule has 3 radical (unpaired) electrons. The van der Waals surface area contributed by atoms with E-state index in [1.807, 2.05) is 48.5 Å². The molecule has 3 saturated carbocycles. The number of hydrogen-bond donors (Lipinski definition) is 3. The topological polar surface area (TPSA) is 243 Å². The molecule has 3 fully saturated rings. The van der Waals surface area contributed by atoms with Crippen molar-refractivity contribution in [1.82, 2.24) is 15.1 Å². The molecule has 22 heteroatoms. The number of aromatic hydroxyl groups is 1. The molecule has 5 N–H and O–H groups in total. The van der Waals surface area contributed by atoms with Crippen molar-refractivity contribution in [3.63, 3.8) is 0 Å². The number of pyridine rings is 1. The predicted octanol–water partition coefficient (Wildman–Crippen LogP) is 10.4. The minimum Gasteiger partial charge on any atom is -0.505 e. The van der Waals surface area contributed by atoms with Gasteiger partial charge in [0.2, 0.25) is 11.8 Å². The van der Waals surface area contributed by atoms with E-state index < -0.39 is 63.7 Å². The van der Waals surface area contributed by atoms with Crippen molar-refractivity contribution in [3.05, 3.63) is 208 Å². The van der Waals surface area contributed by atoms with Gasteiger partial charge in [0.25, 0.3) is 11.8 Å². The SMILES string of the molecule is COc1ccc(CON(Cc2ccc(OC)cc2OC)C(=O)C2C[C@]2(Cc2ccc(O)c(F)c2)C(N)=O)cc1.COc1ccc(CON(Cc2ccc(OC)cc2OC)C(=O)C2C[C@]2(Cc2ccc(OCc3cc(C4CC4)nc4ccccc34)c(F)c2)C(N)=O)cc1.[B]. The van der Waals surface area contributed by atoms with Gasteiger partial charge in [-0.25, -0.2) is 18.9 Å². The molecular weight excluding hydrogens is 1200 g/mol. The summed E-state index contributed by atoms with van der Waals surface area (Å²) in [5.74, 6) is -1.46. The largest absolute Gasteiger partial charge is 0.505 e. The molecule has 0 aliphatic heterocycles. The average Bonchev–Trinajstić information content (AvgIpc) is 1.58. The van der Waals surface area contributed by atoms with Crippen molar-refractivity contribution < 1.29 is 75.9 Å². The van der Waals surface area contributed by atoms with Gasteiger partial charge in [0.1, 0.15) is 54.3 Å². The number of hydroxylamine groups is 4. The molecule has 93 heavy (non-hydrogen) atoms. The van der Waals surface area contributed by atoms with Crippen molar-refractivity contribution in [2.24, 2.45) is 34.1 Å². The van der Waals surface area contributed by atoms with Crippen LogP contribution >= 0.6 is 0 Å². The molecule has 4 atom stereocenters. The van der Waals surface area contributed by atoms with Crippen molar-refractivity contribution in [2.75, 3.05) is 42.7 Å². The summed E-state index contributed by atoms with van der Waals surface area (Å²) in [5, 5.41) is 12.9. The van der Waals surface area contributed by atoms with Crippen LogP contribution in [0.25, 0.3) is 10.9 Å². The first-order valence-electron chi connectivity index (χ1n) is 29.8. The zero-order chi connectivity index (χ0) is 65.3. The second-order valence-corrected chi connectivity index (χ2v) is 23.1. The number of carbonyl (C=O) groups excluding carboxylic acids is 4. The number of nitrogens with zero attached hydrogens (tertiary/aromatic N) is 3. The van der Waals surface area contributed by atoms with Crippen LogP contribution in [0, 0.1) is 34.3 Å². The van der Waals surface area contributed by atoms with Gasteiger partial charge in [-0.2, -0.15) is 0 Å². The lowest BCUT2D eigenvalue weighted by Crippen LogP contribution is -2.37. The van der Waals surface area contributed by atoms with Crippen molar-refractivity contribution in [1.29, 1.82) is 0 Å². The second-order valence-electron chi connectivity index (χ2n) is 23.1. The Kier molecular flexibility index (Phi) is 21.5. The molecule has 3 aliphatic carbocycles. The molecular formula is C71H73BF2N5O14. The molecule has 4 amide bonds. The Balaban J connectivity index is 0.000000228. The Bertz CT molecular complexity index is 3990. The van der Waals surface area contributed by atoms with Gasteiger partial charge in [-0.15, -0.1) is 0 Å². The third-order valence-corrected chi connectivity index (χ3v) is 17.2. The number of para-hydroxylation sites is 1. The van der Waals surface area contributed by atoms with Gasteiger partial charge in [0.05, 0.1) is 83.9 Å². The number of methoxy groups -OCH3 is 6. The molecule has 0 saturated heterocycles. The number of amides is 4. The standard InChI is InChI=1S/C42H42FN3O7.C29H31FN2O7.B/c1-49-31-14-8-26(9-15-31)24-53-46(23-29-13-16-32(50-2)20-39(29)51-3)40(47)34-22-42(34,41(44)48)21-27-10-17-38(35(43)18-27)52-25-30-19-37(28-11-12-28)45-36-7-5-4-6-33(30)36;1-36-21-8-4-18(5-9-21)17-39-32(16-20-7-10-22(37-2)13-26(20)38-3)27(34)23-15-29(23,28(31)35)14-19-6-11-25(33)24(30)12-19;/h4-10,13-20,28,34H,11-12,21-25H2,1-3H3,(H2,44,48);4-13,23,33H,14-17H2,1-3H3,(H2,31,35);/t34?,42-;23?,29-;/m00./s1. The van der Waals surface area contributed by atoms with E-state index in [1.54, 1.807) is 101 Å². The minimum atomic E-state index is -1.22. The normalized spacial score (nSPS) is 17.5. The lowest BCUT2D eigenvalue weighted by Gasteiger charge is -2.25. The molecule has 8 aromatic rings. The first kappa shape index (κ1) is 67.5. The van der Waals surface area contributed by atoms with E-state index in [-0.39, 0.29) is 72.8 Å². The van der Waals surface area contributed by atoms with Crippen molar-refractivity contribution in [2.45, 2.75) is 77.4 Å². The van der Waals surface area contributed by atoms with Crippen LogP contribution in [-0.2, 0) is 74.6 Å². The minimum absolute atomic E-state index is 0. The number of rotatable bonds is 28. The lowest BCUT2D eigenvalue weighted by molar-refractivity contribution is -0.198. The summed E-state index contributed by atoms with van der Waals surface area (Å²) >= 11 is 0. The summed E-state index contributed by atoms with van der Waals surface area (Å²) in [6.45, 7) is 0.387. The van der Waals surface area contributed by atoms with E-state index in [9.17, 15) is 28.7 Å². The van der Waals surface area contributed by atoms with E-state index in [0.717, 1.165) is 52.2 Å². The molecule has 19 nitrogen and oxygen atoms in total. The molecule has 0 spiro atoms. The van der Waals surface area contributed by atoms with Gasteiger partial charge in [-0.05, 0) is 146 Å². The van der Waals surface area contributed by atoms with Crippen LogP contribution in [0.2, 0.25) is 0 Å². The quantitative estimate of drug-likeness (QED) is 0.0305. The van der Waals surface area contributed by atoms with E-state index in [0.29, 0.717) is 62.7 Å². The summed E-state index contributed by atoms with van der Waals surface area (Å²) < 4.78 is 67.6. The lowest BCUT2D eigenvalue weighted by atomic mass is 9.92. The van der Waals surface area contributed by atoms with Crippen LogP contribution in [0.3, 0.4) is 0 Å². The number of primary amides is 2. The number of phenols is 1. The monoisotopic (exact) mass is 1270 g/mol. The molecule has 3 aliphatic rings. The average molecular weight is 1270 g/mol. The van der Waals surface area contributed by atoms with Gasteiger partial charge in [-0.1, -0.05) is 54.6 Å². The number of ether oxygens (including phenoxy) is 7. The summed E-state index contributed by atoms with van der Waals surface area (Å²) in [7, 11) is 9.29. The number of nitrogens with two attached hydrogens (primary N) is 2. The fourth-order valence-corrected chi connectivity index (χ4v) is 11.4. The predicted molar refractivity (Wildman–Crippen MR) is 341 cm³/mol. The van der Waals surface area contributed by atoms with E-state index >= 15 is 4.39 Å². The van der Waals surface area contributed by atoms with Crippen molar-refractivity contribution in [3.8, 4) is 46.0 Å². The van der Waals surface area contributed by atoms with Crippen LogP contribution < -0.4 is 44.6 Å². The maximum Gasteiger partial charge on any atom is 0.250 e. The first-order valence-corrected chi connectivity index (χ1v) is 29.8. The maximum absolute atomic E-state index is 15.6. The Morgan fingerprint density at radius 2 is 0.968 bits per heavy atom. The van der Waals surface area contributed by atoms with Crippen LogP contribution in [0.1, 0.15) is 76.2 Å². The summed E-state index contributed by atoms with van der Waals surface area (Å²) in [6.07, 6.45) is 2.75. The van der Waals surface area contributed by atoms with E-state index in [4.69, 9.17) is 59.3 Å². The number of fused-ring (bicyclic) bond motifs is 1. The van der Waals surface area contributed by atoms with Crippen LogP contribution in [0.15, 0.2) is 152 Å². The molecule has 1 aromatic heterocycles. The van der Waals surface area contributed by atoms with Gasteiger partial charge in [-0.3, -0.25) is 33.8 Å². The Morgan fingerprint density at radius 3 is 1.41 bits per heavy atom. The number of halogens is 2. The zero-order valence-corrected chi connectivity index (χ0v) is 52.5. The van der Waals surface area contributed by atoms with Gasteiger partial charge >= 0.3 is 0 Å². The molecule has 11 rings (SSSR count). The zero-order valence-electron chi connectivity index (χ0n) is 52.5. The number of carbonyl (C=O) groups is 4. The maximum atomic E-state index is 15.6. The molecule has 7 aromatic carbocycles. The Morgan fingerprint density at radius 1 is 0.516 bits per heavy atom. The van der Waals surface area contributed by atoms with Crippen LogP contribution in [-0.4, -0.2) is 94.9 Å². The van der Waals surface area contributed by atoms with Gasteiger partial charge in [0, 0.05) is 54.2 Å². The smallest absolute Gasteiger partial charge is 0.250 e. The fourth-order valence-electron chi connectivity index (χ4n) is 11.4. The highest BCUT2D eigenvalue weighted by Crippen LogP contribution is 2.57. The Labute approximate surface area is 539 Å². The van der Waals surface area contributed by atoms with Crippen LogP contribution in [0.5, 0.6) is 46.0 Å². The molecule has 2 unspecified atom stereocenters. The molecule has 0 bridgehead atoms. The third kappa shape index (κ3) is 15.7. The highest BCUT2D eigenvalue weighted by Gasteiger charge is 2.64. The van der Waals surface area contributed by atoms with Gasteiger partial charge in [0.15, 0.2) is 23.1 Å². The number of phenolic OH excluding ortho intramolecular Hbond substituents is 1. The molecule has 1 heterocycles. The summed E-state index contributed by atoms with van der Waals surface area (Å²) in [4.78, 5) is 70.5. The van der Waals surface area contributed by atoms with E-state index in [1.165, 1.54) is 42.5 Å². The second kappa shape index (κ2) is 29.6. The van der Waals surface area contributed by atoms with Crippen LogP contribution in [0.4, 0.5) is 8.78 Å². The number of benzene rings is 7. The third-order valence-electron chi connectivity index (χ3n) is 17.2. The Hall–Kier alpha value is -9.93.